The van der Waals surface area contributed by atoms with Gasteiger partial charge in [-0.3, -0.25) is 9.59 Å². The first kappa shape index (κ1) is 19.1. The smallest absolute Gasteiger partial charge is 0.326 e. The summed E-state index contributed by atoms with van der Waals surface area (Å²) in [6.45, 7) is -0.0279. The molecule has 136 valence electrons. The number of amides is 2. The molecule has 0 spiro atoms. The fourth-order valence-corrected chi connectivity index (χ4v) is 2.40. The molecule has 0 unspecified atom stereocenters. The van der Waals surface area contributed by atoms with Crippen LogP contribution in [0.15, 0.2) is 48.5 Å². The number of primary amides is 1. The molecule has 0 saturated carbocycles. The summed E-state index contributed by atoms with van der Waals surface area (Å²) in [5.41, 5.74) is 7.95. The molecule has 5 N–H and O–H groups in total. The number of carbonyl (C=O) groups excluding carboxylic acids is 2. The van der Waals surface area contributed by atoms with Crippen molar-refractivity contribution in [2.45, 2.75) is 25.5 Å². The molecule has 7 heteroatoms. The zero-order valence-electron chi connectivity index (χ0n) is 14.0. The molecule has 2 aromatic carbocycles. The van der Waals surface area contributed by atoms with Gasteiger partial charge in [0, 0.05) is 12.0 Å². The summed E-state index contributed by atoms with van der Waals surface area (Å²) in [5.74, 6) is -2.38. The van der Waals surface area contributed by atoms with E-state index in [1.54, 1.807) is 24.3 Å². The van der Waals surface area contributed by atoms with Crippen LogP contribution in [-0.2, 0) is 16.2 Å². The molecule has 0 fully saturated rings. The van der Waals surface area contributed by atoms with Crippen molar-refractivity contribution < 1.29 is 24.6 Å². The summed E-state index contributed by atoms with van der Waals surface area (Å²) in [5, 5.41) is 20.6. The fourth-order valence-electron chi connectivity index (χ4n) is 2.40. The predicted octanol–water partition coefficient (Wildman–Crippen LogP) is 1.29. The molecular formula is C19H20N2O5. The molecule has 7 nitrogen and oxygen atoms in total. The number of nitrogens with two attached hydrogens (primary N) is 1. The Kier molecular flexibility index (Phi) is 6.46. The Labute approximate surface area is 150 Å². The third kappa shape index (κ3) is 5.15. The van der Waals surface area contributed by atoms with Gasteiger partial charge in [-0.2, -0.15) is 0 Å². The minimum absolute atomic E-state index is 0.0279. The summed E-state index contributed by atoms with van der Waals surface area (Å²) in [6, 6.07) is 12.9. The predicted molar refractivity (Wildman–Crippen MR) is 95.1 cm³/mol. The molecule has 2 amide bonds. The maximum absolute atomic E-state index is 12.2. The van der Waals surface area contributed by atoms with E-state index >= 15 is 0 Å². The minimum atomic E-state index is -1.22. The van der Waals surface area contributed by atoms with Crippen molar-refractivity contribution >= 4 is 17.8 Å². The molecule has 0 bridgehead atoms. The van der Waals surface area contributed by atoms with Crippen LogP contribution in [0.2, 0.25) is 0 Å². The number of hydrogen-bond donors (Lipinski definition) is 4. The van der Waals surface area contributed by atoms with Crippen LogP contribution in [-0.4, -0.2) is 34.0 Å². The summed E-state index contributed by atoms with van der Waals surface area (Å²) in [6.07, 6.45) is -0.189. The first-order chi connectivity index (χ1) is 12.4. The van der Waals surface area contributed by atoms with Gasteiger partial charge in [0.25, 0.3) is 5.91 Å². The van der Waals surface area contributed by atoms with Gasteiger partial charge in [-0.25, -0.2) is 4.79 Å². The number of hydrogen-bond acceptors (Lipinski definition) is 4. The van der Waals surface area contributed by atoms with Crippen LogP contribution in [0.3, 0.4) is 0 Å². The Bertz CT molecular complexity index is 785. The number of rotatable bonds is 8. The molecule has 0 heterocycles. The first-order valence-electron chi connectivity index (χ1n) is 8.03. The summed E-state index contributed by atoms with van der Waals surface area (Å²) in [4.78, 5) is 34.2. The fraction of sp³-hybridized carbons (Fsp3) is 0.211. The van der Waals surface area contributed by atoms with Crippen molar-refractivity contribution in [1.82, 2.24) is 5.32 Å². The average Bonchev–Trinajstić information content (AvgIpc) is 2.64. The second kappa shape index (κ2) is 8.77. The van der Waals surface area contributed by atoms with Crippen LogP contribution in [0, 0.1) is 0 Å². The number of aliphatic hydroxyl groups excluding tert-OH is 1. The summed E-state index contributed by atoms with van der Waals surface area (Å²) in [7, 11) is 0. The van der Waals surface area contributed by atoms with Gasteiger partial charge in [0.1, 0.15) is 6.04 Å². The standard InChI is InChI=1S/C19H20N2O5/c20-17(23)10-9-16(19(25)26)21-18(24)15-7-5-14(6-8-15)13-3-1-12(11-22)2-4-13/h1-8,16,22H,9-11H2,(H2,20,23)(H,21,24)(H,25,26)/t16-/m0/s1. The molecule has 0 aromatic heterocycles. The van der Waals surface area contributed by atoms with Crippen molar-refractivity contribution in [3.63, 3.8) is 0 Å². The molecule has 26 heavy (non-hydrogen) atoms. The van der Waals surface area contributed by atoms with Gasteiger partial charge < -0.3 is 21.3 Å². The average molecular weight is 356 g/mol. The van der Waals surface area contributed by atoms with Crippen LogP contribution >= 0.6 is 0 Å². The van der Waals surface area contributed by atoms with E-state index < -0.39 is 23.8 Å². The second-order valence-electron chi connectivity index (χ2n) is 5.80. The molecule has 2 rings (SSSR count). The summed E-state index contributed by atoms with van der Waals surface area (Å²) < 4.78 is 0. The maximum Gasteiger partial charge on any atom is 0.326 e. The third-order valence-electron chi connectivity index (χ3n) is 3.90. The highest BCUT2D eigenvalue weighted by Crippen LogP contribution is 2.20. The lowest BCUT2D eigenvalue weighted by Crippen LogP contribution is -2.41. The number of carboxylic acid groups (broad SMARTS) is 1. The Balaban J connectivity index is 2.07. The van der Waals surface area contributed by atoms with E-state index in [2.05, 4.69) is 5.32 Å². The summed E-state index contributed by atoms with van der Waals surface area (Å²) >= 11 is 0. The van der Waals surface area contributed by atoms with E-state index in [9.17, 15) is 14.4 Å². The zero-order valence-corrected chi connectivity index (χ0v) is 14.0. The van der Waals surface area contributed by atoms with Gasteiger partial charge in [-0.15, -0.1) is 0 Å². The largest absolute Gasteiger partial charge is 0.480 e. The molecule has 0 saturated heterocycles. The Morgan fingerprint density at radius 1 is 0.962 bits per heavy atom. The van der Waals surface area contributed by atoms with Gasteiger partial charge in [-0.05, 0) is 35.2 Å². The highest BCUT2D eigenvalue weighted by atomic mass is 16.4. The van der Waals surface area contributed by atoms with E-state index in [4.69, 9.17) is 15.9 Å². The number of carboxylic acids is 1. The van der Waals surface area contributed by atoms with Crippen LogP contribution in [0.25, 0.3) is 11.1 Å². The van der Waals surface area contributed by atoms with E-state index in [1.165, 1.54) is 0 Å². The van der Waals surface area contributed by atoms with Crippen molar-refractivity contribution in [2.24, 2.45) is 5.73 Å². The monoisotopic (exact) mass is 356 g/mol. The van der Waals surface area contributed by atoms with Gasteiger partial charge in [0.15, 0.2) is 0 Å². The minimum Gasteiger partial charge on any atom is -0.480 e. The Morgan fingerprint density at radius 3 is 1.96 bits per heavy atom. The quantitative estimate of drug-likeness (QED) is 0.566. The highest BCUT2D eigenvalue weighted by Gasteiger charge is 2.21. The van der Waals surface area contributed by atoms with E-state index in [0.717, 1.165) is 16.7 Å². The van der Waals surface area contributed by atoms with E-state index in [0.29, 0.717) is 5.56 Å². The lowest BCUT2D eigenvalue weighted by molar-refractivity contribution is -0.139. The maximum atomic E-state index is 12.2. The van der Waals surface area contributed by atoms with Crippen molar-refractivity contribution in [2.75, 3.05) is 0 Å². The van der Waals surface area contributed by atoms with Crippen molar-refractivity contribution in [1.29, 1.82) is 0 Å². The van der Waals surface area contributed by atoms with Crippen LogP contribution in [0.5, 0.6) is 0 Å². The van der Waals surface area contributed by atoms with Gasteiger partial charge in [0.2, 0.25) is 5.91 Å². The third-order valence-corrected chi connectivity index (χ3v) is 3.90. The Morgan fingerprint density at radius 2 is 1.50 bits per heavy atom. The second-order valence-corrected chi connectivity index (χ2v) is 5.80. The molecule has 1 atom stereocenters. The Hall–Kier alpha value is -3.19. The van der Waals surface area contributed by atoms with Crippen molar-refractivity contribution in [3.05, 3.63) is 59.7 Å². The molecule has 0 aliphatic rings. The van der Waals surface area contributed by atoms with E-state index in [-0.39, 0.29) is 19.4 Å². The number of benzene rings is 2. The topological polar surface area (TPSA) is 130 Å². The highest BCUT2D eigenvalue weighted by molar-refractivity contribution is 5.97. The number of aliphatic hydroxyl groups is 1. The molecule has 2 aromatic rings. The van der Waals surface area contributed by atoms with Gasteiger partial charge in [0.05, 0.1) is 6.61 Å². The van der Waals surface area contributed by atoms with Gasteiger partial charge >= 0.3 is 5.97 Å². The zero-order chi connectivity index (χ0) is 19.1. The molecular weight excluding hydrogens is 336 g/mol. The van der Waals surface area contributed by atoms with Crippen LogP contribution in [0.4, 0.5) is 0 Å². The molecule has 0 aliphatic carbocycles. The van der Waals surface area contributed by atoms with Crippen LogP contribution < -0.4 is 11.1 Å². The lowest BCUT2D eigenvalue weighted by Gasteiger charge is -2.14. The van der Waals surface area contributed by atoms with Crippen LogP contribution in [0.1, 0.15) is 28.8 Å². The number of carbonyl (C=O) groups is 3. The number of aliphatic carboxylic acids is 1. The molecule has 0 radical (unpaired) electrons. The van der Waals surface area contributed by atoms with Crippen molar-refractivity contribution in [3.8, 4) is 11.1 Å². The number of nitrogens with one attached hydrogen (secondary N) is 1. The first-order valence-corrected chi connectivity index (χ1v) is 8.03. The lowest BCUT2D eigenvalue weighted by atomic mass is 10.0. The van der Waals surface area contributed by atoms with Gasteiger partial charge in [-0.1, -0.05) is 36.4 Å². The normalized spacial score (nSPS) is 11.6. The SMILES string of the molecule is NC(=O)CC[C@H](NC(=O)c1ccc(-c2ccc(CO)cc2)cc1)C(=O)O. The molecule has 0 aliphatic heterocycles. The van der Waals surface area contributed by atoms with E-state index in [1.807, 2.05) is 24.3 Å².